The van der Waals surface area contributed by atoms with Gasteiger partial charge in [0.25, 0.3) is 5.91 Å². The molecule has 1 aromatic carbocycles. The third-order valence-electron chi connectivity index (χ3n) is 3.67. The first kappa shape index (κ1) is 18.2. The van der Waals surface area contributed by atoms with Crippen molar-refractivity contribution in [2.75, 3.05) is 6.61 Å². The van der Waals surface area contributed by atoms with Crippen molar-refractivity contribution < 1.29 is 9.53 Å². The number of hydrazone groups is 1. The summed E-state index contributed by atoms with van der Waals surface area (Å²) in [5.41, 5.74) is 5.41. The molecule has 8 heteroatoms. The van der Waals surface area contributed by atoms with Gasteiger partial charge in [0.1, 0.15) is 5.75 Å². The zero-order valence-electron chi connectivity index (χ0n) is 14.3. The molecular weight excluding hydrogens is 372 g/mol. The van der Waals surface area contributed by atoms with Gasteiger partial charge in [0.15, 0.2) is 11.7 Å². The Labute approximate surface area is 160 Å². The summed E-state index contributed by atoms with van der Waals surface area (Å²) in [5.74, 6) is 0.0928. The van der Waals surface area contributed by atoms with Crippen molar-refractivity contribution in [3.63, 3.8) is 0 Å². The monoisotopic (exact) mass is 388 g/mol. The summed E-state index contributed by atoms with van der Waals surface area (Å²) in [6.07, 6.45) is 3.38. The van der Waals surface area contributed by atoms with Gasteiger partial charge in [-0.1, -0.05) is 23.7 Å². The quantitative estimate of drug-likeness (QED) is 0.516. The van der Waals surface area contributed by atoms with Crippen molar-refractivity contribution in [1.82, 2.24) is 15.0 Å². The van der Waals surface area contributed by atoms with Gasteiger partial charge in [-0.05, 0) is 32.0 Å². The van der Waals surface area contributed by atoms with E-state index in [2.05, 4.69) is 15.5 Å². The van der Waals surface area contributed by atoms with E-state index in [0.717, 1.165) is 22.1 Å². The summed E-state index contributed by atoms with van der Waals surface area (Å²) >= 11 is 7.54. The number of nitrogens with zero attached hydrogens (tertiary/aromatic N) is 3. The maximum absolute atomic E-state index is 11.9. The van der Waals surface area contributed by atoms with Crippen LogP contribution in [0.15, 0.2) is 47.0 Å². The highest BCUT2D eigenvalue weighted by molar-refractivity contribution is 7.12. The van der Waals surface area contributed by atoms with E-state index in [4.69, 9.17) is 16.3 Å². The minimum atomic E-state index is -0.366. The average Bonchev–Trinajstić information content (AvgIpc) is 3.22. The normalized spacial score (nSPS) is 11.0. The van der Waals surface area contributed by atoms with Crippen molar-refractivity contribution >= 4 is 35.1 Å². The van der Waals surface area contributed by atoms with Gasteiger partial charge in [-0.3, -0.25) is 9.36 Å². The maximum atomic E-state index is 11.9. The van der Waals surface area contributed by atoms with Crippen LogP contribution in [-0.2, 0) is 4.79 Å². The number of ether oxygens (including phenoxy) is 1. The van der Waals surface area contributed by atoms with Gasteiger partial charge < -0.3 is 4.74 Å². The lowest BCUT2D eigenvalue weighted by Gasteiger charge is -2.06. The van der Waals surface area contributed by atoms with E-state index in [9.17, 15) is 4.79 Å². The maximum Gasteiger partial charge on any atom is 0.277 e. The molecule has 0 unspecified atom stereocenters. The Balaban J connectivity index is 1.60. The topological polar surface area (TPSA) is 68.5 Å². The Hall–Kier alpha value is -2.64. The highest BCUT2D eigenvalue weighted by Gasteiger charge is 2.11. The van der Waals surface area contributed by atoms with E-state index in [0.29, 0.717) is 10.8 Å². The number of aromatic nitrogens is 2. The summed E-state index contributed by atoms with van der Waals surface area (Å²) in [5, 5.41) is 7.29. The second-order valence-corrected chi connectivity index (χ2v) is 6.77. The molecule has 0 aliphatic carbocycles. The Morgan fingerprint density at radius 1 is 1.42 bits per heavy atom. The molecule has 1 N–H and O–H groups in total. The fraction of sp³-hybridized carbons (Fsp3) is 0.167. The SMILES string of the molecule is Cc1cc(/C=N\NC(=O)COc2ccccc2Cl)c(C)n1-c1nccs1. The van der Waals surface area contributed by atoms with Crippen LogP contribution >= 0.6 is 22.9 Å². The summed E-state index contributed by atoms with van der Waals surface area (Å²) < 4.78 is 7.42. The highest BCUT2D eigenvalue weighted by atomic mass is 35.5. The number of carbonyl (C=O) groups is 1. The Bertz CT molecular complexity index is 935. The van der Waals surface area contributed by atoms with Crippen molar-refractivity contribution in [3.8, 4) is 10.9 Å². The Morgan fingerprint density at radius 3 is 2.96 bits per heavy atom. The molecule has 134 valence electrons. The minimum absolute atomic E-state index is 0.167. The molecule has 0 fully saturated rings. The van der Waals surface area contributed by atoms with Gasteiger partial charge in [0, 0.05) is 28.5 Å². The number of halogens is 1. The van der Waals surface area contributed by atoms with Crippen LogP contribution in [0.25, 0.3) is 5.13 Å². The Kier molecular flexibility index (Phi) is 5.70. The van der Waals surface area contributed by atoms with Crippen molar-refractivity contribution in [3.05, 3.63) is 63.9 Å². The smallest absolute Gasteiger partial charge is 0.277 e. The predicted molar refractivity (Wildman–Crippen MR) is 104 cm³/mol. The number of hydrogen-bond acceptors (Lipinski definition) is 5. The molecule has 2 heterocycles. The molecule has 0 spiro atoms. The van der Waals surface area contributed by atoms with Crippen LogP contribution < -0.4 is 10.2 Å². The molecule has 0 radical (unpaired) electrons. The molecule has 1 amide bonds. The third-order valence-corrected chi connectivity index (χ3v) is 4.74. The summed E-state index contributed by atoms with van der Waals surface area (Å²) in [7, 11) is 0. The fourth-order valence-electron chi connectivity index (χ4n) is 2.45. The van der Waals surface area contributed by atoms with Crippen LogP contribution in [0.5, 0.6) is 5.75 Å². The van der Waals surface area contributed by atoms with Gasteiger partial charge in [-0.2, -0.15) is 5.10 Å². The van der Waals surface area contributed by atoms with Crippen LogP contribution in [0.4, 0.5) is 0 Å². The Morgan fingerprint density at radius 2 is 2.23 bits per heavy atom. The van der Waals surface area contributed by atoms with Crippen LogP contribution in [0, 0.1) is 13.8 Å². The first-order valence-corrected chi connectivity index (χ1v) is 9.10. The number of benzene rings is 1. The number of nitrogens with one attached hydrogen (secondary N) is 1. The van der Waals surface area contributed by atoms with Gasteiger partial charge in [0.05, 0.1) is 11.2 Å². The lowest BCUT2D eigenvalue weighted by atomic mass is 10.3. The summed E-state index contributed by atoms with van der Waals surface area (Å²) in [6.45, 7) is 3.82. The van der Waals surface area contributed by atoms with Crippen molar-refractivity contribution in [1.29, 1.82) is 0 Å². The average molecular weight is 389 g/mol. The van der Waals surface area contributed by atoms with Crippen LogP contribution in [0.2, 0.25) is 5.02 Å². The zero-order valence-corrected chi connectivity index (χ0v) is 15.8. The van der Waals surface area contributed by atoms with E-state index in [1.165, 1.54) is 0 Å². The standard InChI is InChI=1S/C18H17ClN4O2S/c1-12-9-14(13(2)23(12)18-20-7-8-26-18)10-21-22-17(24)11-25-16-6-4-3-5-15(16)19/h3-10H,11H2,1-2H3,(H,22,24)/b21-10-. The molecule has 0 saturated carbocycles. The number of para-hydroxylation sites is 1. The zero-order chi connectivity index (χ0) is 18.5. The largest absolute Gasteiger partial charge is 0.482 e. The first-order valence-electron chi connectivity index (χ1n) is 7.84. The molecule has 26 heavy (non-hydrogen) atoms. The molecular formula is C18H17ClN4O2S. The van der Waals surface area contributed by atoms with Crippen LogP contribution in [-0.4, -0.2) is 28.3 Å². The number of hydrogen-bond donors (Lipinski definition) is 1. The second-order valence-electron chi connectivity index (χ2n) is 5.49. The van der Waals surface area contributed by atoms with E-state index < -0.39 is 0 Å². The van der Waals surface area contributed by atoms with Gasteiger partial charge in [-0.15, -0.1) is 11.3 Å². The molecule has 0 atom stereocenters. The summed E-state index contributed by atoms with van der Waals surface area (Å²) in [6, 6.07) is 8.97. The van der Waals surface area contributed by atoms with E-state index in [1.807, 2.05) is 29.9 Å². The number of rotatable bonds is 6. The van der Waals surface area contributed by atoms with Crippen molar-refractivity contribution in [2.24, 2.45) is 5.10 Å². The van der Waals surface area contributed by atoms with Gasteiger partial charge in [-0.25, -0.2) is 10.4 Å². The number of amides is 1. The van der Waals surface area contributed by atoms with Crippen molar-refractivity contribution in [2.45, 2.75) is 13.8 Å². The molecule has 0 bridgehead atoms. The molecule has 3 aromatic rings. The molecule has 6 nitrogen and oxygen atoms in total. The molecule has 2 aromatic heterocycles. The van der Waals surface area contributed by atoms with Crippen LogP contribution in [0.1, 0.15) is 17.0 Å². The number of carbonyl (C=O) groups excluding carboxylic acids is 1. The van der Waals surface area contributed by atoms with Crippen LogP contribution in [0.3, 0.4) is 0 Å². The predicted octanol–water partition coefficient (Wildman–Crippen LogP) is 3.73. The van der Waals surface area contributed by atoms with Gasteiger partial charge in [0.2, 0.25) is 0 Å². The molecule has 0 aliphatic heterocycles. The summed E-state index contributed by atoms with van der Waals surface area (Å²) in [4.78, 5) is 16.2. The van der Waals surface area contributed by atoms with Gasteiger partial charge >= 0.3 is 0 Å². The molecule has 0 saturated heterocycles. The molecule has 0 aliphatic rings. The fourth-order valence-corrected chi connectivity index (χ4v) is 3.39. The lowest BCUT2D eigenvalue weighted by Crippen LogP contribution is -2.24. The second kappa shape index (κ2) is 8.16. The van der Waals surface area contributed by atoms with E-state index in [1.54, 1.807) is 48.0 Å². The first-order chi connectivity index (χ1) is 12.6. The number of thiazole rings is 1. The number of aryl methyl sites for hydroxylation is 1. The third kappa shape index (κ3) is 4.12. The lowest BCUT2D eigenvalue weighted by molar-refractivity contribution is -0.123. The van der Waals surface area contributed by atoms with E-state index in [-0.39, 0.29) is 12.5 Å². The molecule has 3 rings (SSSR count). The highest BCUT2D eigenvalue weighted by Crippen LogP contribution is 2.23. The van der Waals surface area contributed by atoms with E-state index >= 15 is 0 Å². The minimum Gasteiger partial charge on any atom is -0.482 e.